The van der Waals surface area contributed by atoms with Gasteiger partial charge in [-0.05, 0) is 26.7 Å². The first-order valence-electron chi connectivity index (χ1n) is 7.77. The second-order valence-electron chi connectivity index (χ2n) is 5.66. The number of aliphatic imine (C=N–C) groups is 1. The van der Waals surface area contributed by atoms with Crippen molar-refractivity contribution >= 4 is 41.3 Å². The van der Waals surface area contributed by atoms with Crippen molar-refractivity contribution in [2.45, 2.75) is 51.6 Å². The van der Waals surface area contributed by atoms with E-state index in [0.717, 1.165) is 61.9 Å². The van der Waals surface area contributed by atoms with Crippen molar-refractivity contribution < 1.29 is 5.11 Å². The van der Waals surface area contributed by atoms with E-state index in [1.54, 1.807) is 11.3 Å². The number of nitrogens with one attached hydrogen (secondary N) is 2. The Balaban J connectivity index is 0.00000242. The molecule has 0 aromatic carbocycles. The number of guanidine groups is 1. The van der Waals surface area contributed by atoms with Gasteiger partial charge in [-0.2, -0.15) is 0 Å². The van der Waals surface area contributed by atoms with Crippen LogP contribution < -0.4 is 10.6 Å². The van der Waals surface area contributed by atoms with Crippen LogP contribution in [0.1, 0.15) is 43.3 Å². The van der Waals surface area contributed by atoms with Crippen LogP contribution in [0.5, 0.6) is 0 Å². The highest BCUT2D eigenvalue weighted by Crippen LogP contribution is 2.29. The molecular formula is C15H27IN4OS. The highest BCUT2D eigenvalue weighted by molar-refractivity contribution is 14.0. The Hall–Kier alpha value is -0.410. The summed E-state index contributed by atoms with van der Waals surface area (Å²) in [5, 5.41) is 20.1. The minimum Gasteiger partial charge on any atom is -0.388 e. The molecule has 126 valence electrons. The van der Waals surface area contributed by atoms with Crippen LogP contribution in [0, 0.1) is 6.92 Å². The minimum absolute atomic E-state index is 0. The lowest BCUT2D eigenvalue weighted by Gasteiger charge is -2.20. The molecule has 1 aromatic rings. The van der Waals surface area contributed by atoms with Crippen molar-refractivity contribution in [3.05, 3.63) is 16.1 Å². The Morgan fingerprint density at radius 3 is 2.73 bits per heavy atom. The molecule has 0 atom stereocenters. The number of thiazole rings is 1. The standard InChI is InChI=1S/C15H26N4OS.HI/c1-3-16-14(18-11-15(20)7-4-5-8-15)17-9-6-13-10-21-12(2)19-13;/h10,20H,3-9,11H2,1-2H3,(H2,16,17,18);1H. The van der Waals surface area contributed by atoms with E-state index in [9.17, 15) is 5.11 Å². The van der Waals surface area contributed by atoms with Gasteiger partial charge in [0.25, 0.3) is 0 Å². The highest BCUT2D eigenvalue weighted by Gasteiger charge is 2.30. The van der Waals surface area contributed by atoms with Crippen LogP contribution >= 0.6 is 35.3 Å². The van der Waals surface area contributed by atoms with Gasteiger partial charge in [0.1, 0.15) is 0 Å². The average Bonchev–Trinajstić information content (AvgIpc) is 3.06. The summed E-state index contributed by atoms with van der Waals surface area (Å²) in [5.41, 5.74) is 0.532. The maximum Gasteiger partial charge on any atom is 0.191 e. The minimum atomic E-state index is -0.589. The van der Waals surface area contributed by atoms with Gasteiger partial charge in [-0.1, -0.05) is 12.8 Å². The van der Waals surface area contributed by atoms with Crippen LogP contribution in [-0.4, -0.2) is 41.3 Å². The van der Waals surface area contributed by atoms with E-state index in [0.29, 0.717) is 6.54 Å². The number of hydrogen-bond donors (Lipinski definition) is 3. The van der Waals surface area contributed by atoms with Gasteiger partial charge in [0.2, 0.25) is 0 Å². The van der Waals surface area contributed by atoms with Gasteiger partial charge >= 0.3 is 0 Å². The molecule has 1 saturated carbocycles. The van der Waals surface area contributed by atoms with Crippen molar-refractivity contribution in [3.63, 3.8) is 0 Å². The molecule has 1 aromatic heterocycles. The maximum absolute atomic E-state index is 10.3. The summed E-state index contributed by atoms with van der Waals surface area (Å²) in [6, 6.07) is 0. The molecule has 7 heteroatoms. The summed E-state index contributed by atoms with van der Waals surface area (Å²) in [7, 11) is 0. The van der Waals surface area contributed by atoms with Gasteiger partial charge in [-0.3, -0.25) is 4.99 Å². The Labute approximate surface area is 154 Å². The van der Waals surface area contributed by atoms with E-state index in [2.05, 4.69) is 26.0 Å². The van der Waals surface area contributed by atoms with E-state index in [4.69, 9.17) is 0 Å². The van der Waals surface area contributed by atoms with Crippen molar-refractivity contribution in [1.29, 1.82) is 0 Å². The zero-order valence-electron chi connectivity index (χ0n) is 13.4. The van der Waals surface area contributed by atoms with E-state index in [1.165, 1.54) is 0 Å². The highest BCUT2D eigenvalue weighted by atomic mass is 127. The molecule has 2 rings (SSSR count). The van der Waals surface area contributed by atoms with Gasteiger partial charge in [0.05, 0.1) is 22.8 Å². The monoisotopic (exact) mass is 438 g/mol. The normalized spacial score (nSPS) is 17.1. The smallest absolute Gasteiger partial charge is 0.191 e. The number of aryl methyl sites for hydroxylation is 1. The average molecular weight is 438 g/mol. The Morgan fingerprint density at radius 2 is 2.14 bits per heavy atom. The van der Waals surface area contributed by atoms with Gasteiger partial charge in [-0.15, -0.1) is 35.3 Å². The van der Waals surface area contributed by atoms with Crippen LogP contribution in [0.15, 0.2) is 10.4 Å². The van der Waals surface area contributed by atoms with E-state index in [-0.39, 0.29) is 24.0 Å². The maximum atomic E-state index is 10.3. The molecular weight excluding hydrogens is 411 g/mol. The van der Waals surface area contributed by atoms with E-state index in [1.807, 2.05) is 13.8 Å². The predicted octanol–water partition coefficient (Wildman–Crippen LogP) is 2.47. The summed E-state index contributed by atoms with van der Waals surface area (Å²) >= 11 is 1.68. The summed E-state index contributed by atoms with van der Waals surface area (Å²) < 4.78 is 0. The topological polar surface area (TPSA) is 69.5 Å². The molecule has 0 saturated heterocycles. The summed E-state index contributed by atoms with van der Waals surface area (Å²) in [6.45, 7) is 6.17. The first kappa shape index (κ1) is 19.6. The second-order valence-corrected chi connectivity index (χ2v) is 6.72. The number of hydrogen-bond acceptors (Lipinski definition) is 4. The Bertz CT molecular complexity index is 472. The number of aromatic nitrogens is 1. The van der Waals surface area contributed by atoms with Crippen LogP contribution in [-0.2, 0) is 6.42 Å². The SMILES string of the molecule is CCNC(=NCC1(O)CCCC1)NCCc1csc(C)n1.I. The van der Waals surface area contributed by atoms with Crippen LogP contribution in [0.2, 0.25) is 0 Å². The third-order valence-corrected chi connectivity index (χ3v) is 4.57. The fourth-order valence-electron chi connectivity index (χ4n) is 2.59. The lowest BCUT2D eigenvalue weighted by atomic mass is 10.0. The molecule has 0 spiro atoms. The fraction of sp³-hybridized carbons (Fsp3) is 0.733. The molecule has 1 heterocycles. The van der Waals surface area contributed by atoms with Gasteiger partial charge in [0.15, 0.2) is 5.96 Å². The third kappa shape index (κ3) is 6.37. The Morgan fingerprint density at radius 1 is 1.41 bits per heavy atom. The number of nitrogens with zero attached hydrogens (tertiary/aromatic N) is 2. The molecule has 3 N–H and O–H groups in total. The van der Waals surface area contributed by atoms with E-state index < -0.39 is 5.60 Å². The molecule has 5 nitrogen and oxygen atoms in total. The molecule has 1 fully saturated rings. The van der Waals surface area contributed by atoms with Crippen LogP contribution in [0.3, 0.4) is 0 Å². The predicted molar refractivity (Wildman–Crippen MR) is 103 cm³/mol. The van der Waals surface area contributed by atoms with Crippen molar-refractivity contribution in [1.82, 2.24) is 15.6 Å². The third-order valence-electron chi connectivity index (χ3n) is 3.75. The molecule has 0 unspecified atom stereocenters. The summed E-state index contributed by atoms with van der Waals surface area (Å²) in [5.74, 6) is 0.782. The first-order chi connectivity index (χ1) is 10.1. The quantitative estimate of drug-likeness (QED) is 0.363. The zero-order chi connectivity index (χ0) is 15.1. The number of rotatable bonds is 6. The largest absolute Gasteiger partial charge is 0.388 e. The summed E-state index contributed by atoms with van der Waals surface area (Å²) in [4.78, 5) is 8.98. The lowest BCUT2D eigenvalue weighted by molar-refractivity contribution is 0.0574. The van der Waals surface area contributed by atoms with Crippen molar-refractivity contribution in [2.75, 3.05) is 19.6 Å². The Kier molecular flexibility index (Phi) is 8.63. The molecule has 22 heavy (non-hydrogen) atoms. The van der Waals surface area contributed by atoms with Gasteiger partial charge in [-0.25, -0.2) is 4.98 Å². The number of aliphatic hydroxyl groups is 1. The van der Waals surface area contributed by atoms with Crippen molar-refractivity contribution in [2.24, 2.45) is 4.99 Å². The molecule has 0 bridgehead atoms. The van der Waals surface area contributed by atoms with E-state index >= 15 is 0 Å². The van der Waals surface area contributed by atoms with Crippen LogP contribution in [0.4, 0.5) is 0 Å². The molecule has 1 aliphatic rings. The van der Waals surface area contributed by atoms with Crippen molar-refractivity contribution in [3.8, 4) is 0 Å². The molecule has 0 aliphatic heterocycles. The fourth-order valence-corrected chi connectivity index (χ4v) is 3.24. The second kappa shape index (κ2) is 9.67. The molecule has 1 aliphatic carbocycles. The van der Waals surface area contributed by atoms with Gasteiger partial charge in [0, 0.05) is 24.9 Å². The van der Waals surface area contributed by atoms with Gasteiger partial charge < -0.3 is 15.7 Å². The number of halogens is 1. The summed E-state index contributed by atoms with van der Waals surface area (Å²) in [6.07, 6.45) is 4.85. The molecule has 0 amide bonds. The zero-order valence-corrected chi connectivity index (χ0v) is 16.5. The lowest BCUT2D eigenvalue weighted by Crippen LogP contribution is -2.40. The molecule has 0 radical (unpaired) electrons. The van der Waals surface area contributed by atoms with Crippen LogP contribution in [0.25, 0.3) is 0 Å². The first-order valence-corrected chi connectivity index (χ1v) is 8.65.